The van der Waals surface area contributed by atoms with Gasteiger partial charge in [-0.05, 0) is 50.9 Å². The zero-order valence-corrected chi connectivity index (χ0v) is 12.6. The summed E-state index contributed by atoms with van der Waals surface area (Å²) in [6, 6.07) is 7.39. The van der Waals surface area contributed by atoms with Crippen LogP contribution in [0.3, 0.4) is 0 Å². The minimum atomic E-state index is -0.278. The van der Waals surface area contributed by atoms with Crippen LogP contribution in [-0.4, -0.2) is 47.9 Å². The minimum Gasteiger partial charge on any atom is -0.338 e. The van der Waals surface area contributed by atoms with E-state index in [1.165, 1.54) is 18.9 Å². The van der Waals surface area contributed by atoms with Crippen molar-refractivity contribution in [2.75, 3.05) is 20.1 Å². The molecule has 21 heavy (non-hydrogen) atoms. The molecule has 0 N–H and O–H groups in total. The summed E-state index contributed by atoms with van der Waals surface area (Å²) in [4.78, 5) is 17.0. The van der Waals surface area contributed by atoms with Crippen LogP contribution >= 0.6 is 0 Å². The Balaban J connectivity index is 1.70. The lowest BCUT2D eigenvalue weighted by molar-refractivity contribution is -0.132. The number of amides is 1. The fourth-order valence-corrected chi connectivity index (χ4v) is 3.83. The Morgan fingerprint density at radius 1 is 1.19 bits per heavy atom. The average Bonchev–Trinajstić information content (AvgIpc) is 3.09. The monoisotopic (exact) mass is 290 g/mol. The summed E-state index contributed by atoms with van der Waals surface area (Å²) >= 11 is 0. The van der Waals surface area contributed by atoms with Gasteiger partial charge in [-0.3, -0.25) is 4.79 Å². The van der Waals surface area contributed by atoms with Gasteiger partial charge in [-0.25, -0.2) is 4.39 Å². The maximum atomic E-state index is 13.7. The van der Waals surface area contributed by atoms with E-state index >= 15 is 0 Å². The second kappa shape index (κ2) is 6.14. The first kappa shape index (κ1) is 14.5. The molecule has 0 saturated carbocycles. The van der Waals surface area contributed by atoms with E-state index < -0.39 is 0 Å². The van der Waals surface area contributed by atoms with E-state index in [-0.39, 0.29) is 18.1 Å². The van der Waals surface area contributed by atoms with Crippen molar-refractivity contribution in [1.82, 2.24) is 9.80 Å². The highest BCUT2D eigenvalue weighted by Gasteiger charge is 2.38. The Bertz CT molecular complexity index is 519. The summed E-state index contributed by atoms with van der Waals surface area (Å²) in [5, 5.41) is 0. The summed E-state index contributed by atoms with van der Waals surface area (Å²) < 4.78 is 13.7. The van der Waals surface area contributed by atoms with E-state index in [0.717, 1.165) is 25.9 Å². The van der Waals surface area contributed by atoms with Gasteiger partial charge < -0.3 is 9.80 Å². The number of halogens is 1. The number of likely N-dealkylation sites (tertiary alicyclic amines) is 2. The third-order valence-corrected chi connectivity index (χ3v) is 4.94. The van der Waals surface area contributed by atoms with Crippen molar-refractivity contribution in [1.29, 1.82) is 0 Å². The van der Waals surface area contributed by atoms with Crippen LogP contribution in [0.25, 0.3) is 0 Å². The molecule has 4 heteroatoms. The van der Waals surface area contributed by atoms with E-state index in [0.29, 0.717) is 17.6 Å². The number of carbonyl (C=O) groups excluding carboxylic acids is 1. The molecule has 3 rings (SSSR count). The van der Waals surface area contributed by atoms with E-state index in [9.17, 15) is 9.18 Å². The van der Waals surface area contributed by atoms with E-state index in [4.69, 9.17) is 0 Å². The topological polar surface area (TPSA) is 23.6 Å². The molecule has 0 aliphatic carbocycles. The fourth-order valence-electron chi connectivity index (χ4n) is 3.83. The third-order valence-electron chi connectivity index (χ3n) is 4.94. The lowest BCUT2D eigenvalue weighted by Gasteiger charge is -2.33. The zero-order valence-electron chi connectivity index (χ0n) is 12.6. The predicted octanol–water partition coefficient (Wildman–Crippen LogP) is 2.45. The highest BCUT2D eigenvalue weighted by molar-refractivity contribution is 5.79. The zero-order chi connectivity index (χ0) is 14.8. The Kier molecular flexibility index (Phi) is 4.24. The van der Waals surface area contributed by atoms with Crippen molar-refractivity contribution < 1.29 is 9.18 Å². The lowest BCUT2D eigenvalue weighted by Crippen LogP contribution is -2.47. The number of benzene rings is 1. The SMILES string of the molecule is CN1CCC[C@H]1[C@@H]1CCCN1C(=O)Cc1ccccc1F. The number of rotatable bonds is 3. The van der Waals surface area contributed by atoms with Crippen LogP contribution in [0.15, 0.2) is 24.3 Å². The Morgan fingerprint density at radius 3 is 2.62 bits per heavy atom. The maximum Gasteiger partial charge on any atom is 0.227 e. The second-order valence-electron chi connectivity index (χ2n) is 6.26. The summed E-state index contributed by atoms with van der Waals surface area (Å²) in [5.74, 6) is -0.206. The summed E-state index contributed by atoms with van der Waals surface area (Å²) in [5.41, 5.74) is 0.507. The molecule has 0 spiro atoms. The first-order chi connectivity index (χ1) is 10.2. The molecular weight excluding hydrogens is 267 g/mol. The molecular formula is C17H23FN2O. The summed E-state index contributed by atoms with van der Waals surface area (Å²) in [7, 11) is 2.15. The van der Waals surface area contributed by atoms with Gasteiger partial charge in [0.05, 0.1) is 6.42 Å². The predicted molar refractivity (Wildman–Crippen MR) is 80.5 cm³/mol. The first-order valence-electron chi connectivity index (χ1n) is 7.90. The van der Waals surface area contributed by atoms with Crippen LogP contribution in [0.4, 0.5) is 4.39 Å². The molecule has 2 fully saturated rings. The van der Waals surface area contributed by atoms with Gasteiger partial charge in [0.25, 0.3) is 0 Å². The van der Waals surface area contributed by atoms with Crippen LogP contribution in [-0.2, 0) is 11.2 Å². The van der Waals surface area contributed by atoms with Crippen molar-refractivity contribution in [2.45, 2.75) is 44.2 Å². The number of carbonyl (C=O) groups is 1. The highest BCUT2D eigenvalue weighted by Crippen LogP contribution is 2.29. The second-order valence-corrected chi connectivity index (χ2v) is 6.26. The molecule has 0 unspecified atom stereocenters. The van der Waals surface area contributed by atoms with Crippen molar-refractivity contribution >= 4 is 5.91 Å². The standard InChI is InChI=1S/C17H23FN2O/c1-19-10-4-8-15(19)16-9-5-11-20(16)17(21)12-13-6-2-3-7-14(13)18/h2-3,6-7,15-16H,4-5,8-12H2,1H3/t15-,16-/m0/s1. The largest absolute Gasteiger partial charge is 0.338 e. The number of likely N-dealkylation sites (N-methyl/N-ethyl adjacent to an activating group) is 1. The minimum absolute atomic E-state index is 0.0721. The molecule has 1 aromatic carbocycles. The lowest BCUT2D eigenvalue weighted by atomic mass is 10.0. The van der Waals surface area contributed by atoms with Gasteiger partial charge in [0.1, 0.15) is 5.82 Å². The Morgan fingerprint density at radius 2 is 1.90 bits per heavy atom. The van der Waals surface area contributed by atoms with Gasteiger partial charge in [-0.1, -0.05) is 18.2 Å². The number of nitrogens with zero attached hydrogens (tertiary/aromatic N) is 2. The van der Waals surface area contributed by atoms with Crippen LogP contribution < -0.4 is 0 Å². The smallest absolute Gasteiger partial charge is 0.227 e. The van der Waals surface area contributed by atoms with Gasteiger partial charge in [0.2, 0.25) is 5.91 Å². The molecule has 1 aromatic rings. The molecule has 3 nitrogen and oxygen atoms in total. The molecule has 0 radical (unpaired) electrons. The van der Waals surface area contributed by atoms with Gasteiger partial charge in [-0.2, -0.15) is 0 Å². The van der Waals surface area contributed by atoms with Crippen LogP contribution in [0, 0.1) is 5.82 Å². The molecule has 0 bridgehead atoms. The van der Waals surface area contributed by atoms with Crippen LogP contribution in [0.1, 0.15) is 31.2 Å². The normalized spacial score (nSPS) is 26.5. The molecule has 0 aromatic heterocycles. The molecule has 2 saturated heterocycles. The molecule has 114 valence electrons. The summed E-state index contributed by atoms with van der Waals surface area (Å²) in [6.07, 6.45) is 4.72. The van der Waals surface area contributed by atoms with Crippen molar-refractivity contribution in [3.05, 3.63) is 35.6 Å². The molecule has 2 aliphatic heterocycles. The van der Waals surface area contributed by atoms with Gasteiger partial charge in [0.15, 0.2) is 0 Å². The molecule has 1 amide bonds. The fraction of sp³-hybridized carbons (Fsp3) is 0.588. The van der Waals surface area contributed by atoms with E-state index in [1.54, 1.807) is 18.2 Å². The van der Waals surface area contributed by atoms with Gasteiger partial charge in [-0.15, -0.1) is 0 Å². The Hall–Kier alpha value is -1.42. The van der Waals surface area contributed by atoms with E-state index in [2.05, 4.69) is 11.9 Å². The van der Waals surface area contributed by atoms with E-state index in [1.807, 2.05) is 4.90 Å². The van der Waals surface area contributed by atoms with Crippen molar-refractivity contribution in [3.63, 3.8) is 0 Å². The Labute approximate surface area is 125 Å². The van der Waals surface area contributed by atoms with Gasteiger partial charge in [0, 0.05) is 18.6 Å². The first-order valence-corrected chi connectivity index (χ1v) is 7.90. The van der Waals surface area contributed by atoms with Gasteiger partial charge >= 0.3 is 0 Å². The van der Waals surface area contributed by atoms with Crippen molar-refractivity contribution in [3.8, 4) is 0 Å². The van der Waals surface area contributed by atoms with Crippen LogP contribution in [0.5, 0.6) is 0 Å². The average molecular weight is 290 g/mol. The number of hydrogen-bond acceptors (Lipinski definition) is 2. The number of hydrogen-bond donors (Lipinski definition) is 0. The quantitative estimate of drug-likeness (QED) is 0.854. The molecule has 2 aliphatic rings. The summed E-state index contributed by atoms with van der Waals surface area (Å²) in [6.45, 7) is 1.94. The molecule has 2 heterocycles. The maximum absolute atomic E-state index is 13.7. The highest BCUT2D eigenvalue weighted by atomic mass is 19.1. The van der Waals surface area contributed by atoms with Crippen molar-refractivity contribution in [2.24, 2.45) is 0 Å². The molecule has 2 atom stereocenters. The van der Waals surface area contributed by atoms with Crippen LogP contribution in [0.2, 0.25) is 0 Å². The third kappa shape index (κ3) is 2.95.